The second-order valence-corrected chi connectivity index (χ2v) is 7.68. The molecule has 0 N–H and O–H groups in total. The third-order valence-corrected chi connectivity index (χ3v) is 5.94. The largest absolute Gasteiger partial charge is 0.254 e. The van der Waals surface area contributed by atoms with Gasteiger partial charge >= 0.3 is 0 Å². The highest BCUT2D eigenvalue weighted by Gasteiger charge is 2.28. The van der Waals surface area contributed by atoms with Gasteiger partial charge in [0.2, 0.25) is 0 Å². The summed E-state index contributed by atoms with van der Waals surface area (Å²) in [5.74, 6) is 0.459. The molecule has 0 saturated heterocycles. The fourth-order valence-corrected chi connectivity index (χ4v) is 4.48. The lowest BCUT2D eigenvalue weighted by Gasteiger charge is -2.24. The fourth-order valence-electron chi connectivity index (χ4n) is 1.45. The summed E-state index contributed by atoms with van der Waals surface area (Å²) < 4.78 is 26.5. The average molecular weight is 297 g/mol. The van der Waals surface area contributed by atoms with Crippen LogP contribution in [0.25, 0.3) is 0 Å². The first-order valence-electron chi connectivity index (χ1n) is 5.40. The van der Waals surface area contributed by atoms with E-state index >= 15 is 0 Å². The molecule has 17 heavy (non-hydrogen) atoms. The van der Waals surface area contributed by atoms with Crippen molar-refractivity contribution in [1.29, 1.82) is 0 Å². The van der Waals surface area contributed by atoms with Crippen molar-refractivity contribution in [3.63, 3.8) is 0 Å². The molecule has 0 atom stereocenters. The molecule has 1 rings (SSSR count). The van der Waals surface area contributed by atoms with E-state index < -0.39 is 10.0 Å². The number of nitrogens with zero attached hydrogens (tertiary/aromatic N) is 2. The van der Waals surface area contributed by atoms with E-state index in [-0.39, 0.29) is 6.04 Å². The third-order valence-electron chi connectivity index (χ3n) is 2.25. The summed E-state index contributed by atoms with van der Waals surface area (Å²) in [5, 5.41) is 0.754. The predicted octanol–water partition coefficient (Wildman–Crippen LogP) is 2.48. The number of hydrogen-bond acceptors (Lipinski definition) is 4. The Morgan fingerprint density at radius 1 is 1.53 bits per heavy atom. The first kappa shape index (κ1) is 14.9. The van der Waals surface area contributed by atoms with Crippen LogP contribution in [0.4, 0.5) is 0 Å². The number of alkyl halides is 1. The maximum Gasteiger partial charge on any atom is 0.254 e. The van der Waals surface area contributed by atoms with Gasteiger partial charge in [0.1, 0.15) is 0 Å². The Bertz CT molecular complexity index is 457. The van der Waals surface area contributed by atoms with Crippen molar-refractivity contribution < 1.29 is 8.42 Å². The lowest BCUT2D eigenvalue weighted by molar-refractivity contribution is 0.355. The van der Waals surface area contributed by atoms with Gasteiger partial charge in [0, 0.05) is 18.5 Å². The molecular formula is C10H17ClN2O2S2. The second-order valence-electron chi connectivity index (χ2n) is 3.95. The van der Waals surface area contributed by atoms with Gasteiger partial charge in [0.15, 0.2) is 4.21 Å². The van der Waals surface area contributed by atoms with Crippen LogP contribution in [0.3, 0.4) is 0 Å². The predicted molar refractivity (Wildman–Crippen MR) is 71.2 cm³/mol. The van der Waals surface area contributed by atoms with Crippen molar-refractivity contribution in [2.45, 2.75) is 37.4 Å². The smallest absolute Gasteiger partial charge is 0.249 e. The molecule has 0 bridgehead atoms. The average Bonchev–Trinajstić information content (AvgIpc) is 2.65. The van der Waals surface area contributed by atoms with Crippen LogP contribution in [0.5, 0.6) is 0 Å². The van der Waals surface area contributed by atoms with Gasteiger partial charge in [-0.25, -0.2) is 13.4 Å². The quantitative estimate of drug-likeness (QED) is 0.758. The molecule has 0 radical (unpaired) electrons. The van der Waals surface area contributed by atoms with Crippen LogP contribution in [-0.4, -0.2) is 36.2 Å². The first-order chi connectivity index (χ1) is 7.89. The molecule has 0 aromatic carbocycles. The van der Waals surface area contributed by atoms with E-state index in [0.29, 0.717) is 23.1 Å². The van der Waals surface area contributed by atoms with Crippen molar-refractivity contribution in [3.05, 3.63) is 11.2 Å². The third kappa shape index (κ3) is 3.64. The Hall–Kier alpha value is -0.170. The molecular weight excluding hydrogens is 280 g/mol. The Morgan fingerprint density at radius 2 is 2.18 bits per heavy atom. The van der Waals surface area contributed by atoms with Crippen LogP contribution in [-0.2, 0) is 10.0 Å². The summed E-state index contributed by atoms with van der Waals surface area (Å²) in [5.41, 5.74) is 0. The van der Waals surface area contributed by atoms with Gasteiger partial charge in [-0.05, 0) is 27.2 Å². The zero-order valence-corrected chi connectivity index (χ0v) is 12.6. The van der Waals surface area contributed by atoms with Gasteiger partial charge in [-0.2, -0.15) is 4.31 Å². The molecule has 0 spiro atoms. The van der Waals surface area contributed by atoms with E-state index in [1.165, 1.54) is 21.8 Å². The molecule has 7 heteroatoms. The van der Waals surface area contributed by atoms with Gasteiger partial charge in [-0.15, -0.1) is 22.9 Å². The normalized spacial score (nSPS) is 12.6. The van der Waals surface area contributed by atoms with E-state index in [1.54, 1.807) is 6.92 Å². The number of aryl methyl sites for hydroxylation is 1. The van der Waals surface area contributed by atoms with Gasteiger partial charge < -0.3 is 0 Å². The number of thiazole rings is 1. The lowest BCUT2D eigenvalue weighted by atomic mass is 10.4. The highest BCUT2D eigenvalue weighted by Crippen LogP contribution is 2.23. The lowest BCUT2D eigenvalue weighted by Crippen LogP contribution is -2.37. The highest BCUT2D eigenvalue weighted by atomic mass is 35.5. The van der Waals surface area contributed by atoms with Crippen molar-refractivity contribution in [2.75, 3.05) is 12.4 Å². The molecule has 1 heterocycles. The Kier molecular flexibility index (Phi) is 5.37. The summed E-state index contributed by atoms with van der Waals surface area (Å²) in [4.78, 5) is 3.99. The molecule has 98 valence electrons. The van der Waals surface area contributed by atoms with Gasteiger partial charge in [-0.1, -0.05) is 0 Å². The van der Waals surface area contributed by atoms with E-state index in [1.807, 2.05) is 13.8 Å². The molecule has 0 aliphatic rings. The van der Waals surface area contributed by atoms with Gasteiger partial charge in [0.25, 0.3) is 10.0 Å². The number of sulfonamides is 1. The van der Waals surface area contributed by atoms with Crippen molar-refractivity contribution in [3.8, 4) is 0 Å². The monoisotopic (exact) mass is 296 g/mol. The Labute approximate surface area is 112 Å². The molecule has 4 nitrogen and oxygen atoms in total. The number of hydrogen-bond donors (Lipinski definition) is 0. The Morgan fingerprint density at radius 3 is 2.59 bits per heavy atom. The number of halogens is 1. The van der Waals surface area contributed by atoms with Crippen molar-refractivity contribution in [1.82, 2.24) is 9.29 Å². The Balaban J connectivity index is 3.00. The summed E-state index contributed by atoms with van der Waals surface area (Å²) in [6.45, 7) is 5.96. The fraction of sp³-hybridized carbons (Fsp3) is 0.700. The molecule has 0 aliphatic heterocycles. The molecule has 1 aromatic heterocycles. The van der Waals surface area contributed by atoms with E-state index in [4.69, 9.17) is 11.6 Å². The minimum Gasteiger partial charge on any atom is -0.249 e. The zero-order chi connectivity index (χ0) is 13.1. The topological polar surface area (TPSA) is 50.3 Å². The van der Waals surface area contributed by atoms with Crippen LogP contribution >= 0.6 is 22.9 Å². The summed E-state index contributed by atoms with van der Waals surface area (Å²) in [6, 6.07) is -0.0781. The number of rotatable bonds is 6. The van der Waals surface area contributed by atoms with E-state index in [9.17, 15) is 8.42 Å². The molecule has 0 fully saturated rings. The van der Waals surface area contributed by atoms with Crippen LogP contribution in [0, 0.1) is 6.92 Å². The van der Waals surface area contributed by atoms with Crippen LogP contribution in [0.1, 0.15) is 25.3 Å². The van der Waals surface area contributed by atoms with Gasteiger partial charge in [-0.3, -0.25) is 0 Å². The van der Waals surface area contributed by atoms with Crippen LogP contribution in [0.2, 0.25) is 0 Å². The second kappa shape index (κ2) is 6.13. The summed E-state index contributed by atoms with van der Waals surface area (Å²) in [7, 11) is -3.42. The SMILES string of the molecule is Cc1ncc(S(=O)(=O)N(CCCCl)C(C)C)s1. The van der Waals surface area contributed by atoms with Crippen molar-refractivity contribution in [2.24, 2.45) is 0 Å². The molecule has 0 saturated carbocycles. The van der Waals surface area contributed by atoms with Crippen LogP contribution in [0.15, 0.2) is 10.4 Å². The van der Waals surface area contributed by atoms with Crippen molar-refractivity contribution >= 4 is 33.0 Å². The van der Waals surface area contributed by atoms with E-state index in [2.05, 4.69) is 4.98 Å². The molecule has 0 amide bonds. The summed E-state index contributed by atoms with van der Waals surface area (Å²) >= 11 is 6.82. The molecule has 1 aromatic rings. The maximum absolute atomic E-state index is 12.3. The highest BCUT2D eigenvalue weighted by molar-refractivity contribution is 7.91. The minimum absolute atomic E-state index is 0.0781. The molecule has 0 aliphatic carbocycles. The standard InChI is InChI=1S/C10H17ClN2O2S2/c1-8(2)13(6-4-5-11)17(14,15)10-7-12-9(3)16-10/h7-8H,4-6H2,1-3H3. The zero-order valence-electron chi connectivity index (χ0n) is 10.2. The first-order valence-corrected chi connectivity index (χ1v) is 8.19. The maximum atomic E-state index is 12.3. The summed E-state index contributed by atoms with van der Waals surface area (Å²) in [6.07, 6.45) is 2.07. The van der Waals surface area contributed by atoms with Crippen LogP contribution < -0.4 is 0 Å². The molecule has 0 unspecified atom stereocenters. The van der Waals surface area contributed by atoms with Gasteiger partial charge in [0.05, 0.1) is 11.2 Å². The minimum atomic E-state index is -3.42. The van der Waals surface area contributed by atoms with E-state index in [0.717, 1.165) is 5.01 Å². The number of aromatic nitrogens is 1.